The van der Waals surface area contributed by atoms with Gasteiger partial charge in [-0.3, -0.25) is 9.48 Å². The largest absolute Gasteiger partial charge is 0.347 e. The Bertz CT molecular complexity index is 1350. The van der Waals surface area contributed by atoms with E-state index < -0.39 is 0 Å². The van der Waals surface area contributed by atoms with Crippen molar-refractivity contribution in [3.8, 4) is 28.0 Å². The molecule has 3 aromatic heterocycles. The predicted molar refractivity (Wildman–Crippen MR) is 114 cm³/mol. The minimum atomic E-state index is -0.309. The quantitative estimate of drug-likeness (QED) is 0.513. The molecule has 5 rings (SSSR count). The number of amides is 1. The number of nitrogens with one attached hydrogen (secondary N) is 1. The van der Waals surface area contributed by atoms with Gasteiger partial charge in [0, 0.05) is 37.0 Å². The fraction of sp³-hybridized carbons (Fsp3) is 0.238. The fourth-order valence-corrected chi connectivity index (χ4v) is 4.47. The van der Waals surface area contributed by atoms with Crippen molar-refractivity contribution in [2.75, 3.05) is 0 Å². The van der Waals surface area contributed by atoms with Gasteiger partial charge in [-0.1, -0.05) is 0 Å². The first-order valence-electron chi connectivity index (χ1n) is 9.90. The summed E-state index contributed by atoms with van der Waals surface area (Å²) < 4.78 is 16.5. The number of halogens is 1. The van der Waals surface area contributed by atoms with Crippen molar-refractivity contribution in [1.82, 2.24) is 34.8 Å². The average molecular weight is 448 g/mol. The number of thiazole rings is 1. The van der Waals surface area contributed by atoms with Crippen LogP contribution in [0, 0.1) is 17.1 Å². The molecule has 0 saturated carbocycles. The van der Waals surface area contributed by atoms with E-state index in [4.69, 9.17) is 5.26 Å². The van der Waals surface area contributed by atoms with Gasteiger partial charge in [0.2, 0.25) is 0 Å². The minimum Gasteiger partial charge on any atom is -0.347 e. The van der Waals surface area contributed by atoms with E-state index in [9.17, 15) is 9.18 Å². The van der Waals surface area contributed by atoms with Crippen LogP contribution in [0.2, 0.25) is 0 Å². The highest BCUT2D eigenvalue weighted by atomic mass is 32.1. The molecule has 1 aliphatic rings. The number of aromatic nitrogens is 6. The lowest BCUT2D eigenvalue weighted by Gasteiger charge is -2.23. The number of carbonyl (C=O) groups is 1. The molecule has 0 aliphatic carbocycles. The lowest BCUT2D eigenvalue weighted by Crippen LogP contribution is -2.41. The maximum absolute atomic E-state index is 13.2. The Kier molecular flexibility index (Phi) is 4.99. The topological polar surface area (TPSA) is 114 Å². The zero-order valence-electron chi connectivity index (χ0n) is 17.0. The van der Waals surface area contributed by atoms with Gasteiger partial charge in [-0.15, -0.1) is 11.3 Å². The lowest BCUT2D eigenvalue weighted by atomic mass is 10.1. The van der Waals surface area contributed by atoms with Gasteiger partial charge in [-0.05, 0) is 30.7 Å². The van der Waals surface area contributed by atoms with Gasteiger partial charge in [0.15, 0.2) is 11.5 Å². The van der Waals surface area contributed by atoms with E-state index in [1.807, 2.05) is 10.8 Å². The summed E-state index contributed by atoms with van der Waals surface area (Å²) >= 11 is 1.30. The van der Waals surface area contributed by atoms with Crippen molar-refractivity contribution in [1.29, 1.82) is 5.26 Å². The van der Waals surface area contributed by atoms with Crippen LogP contribution in [0.25, 0.3) is 22.0 Å². The number of nitrogens with zero attached hydrogens (tertiary/aromatic N) is 7. The second kappa shape index (κ2) is 7.97. The Labute approximate surface area is 186 Å². The van der Waals surface area contributed by atoms with Crippen LogP contribution in [0.3, 0.4) is 0 Å². The molecule has 1 unspecified atom stereocenters. The summed E-state index contributed by atoms with van der Waals surface area (Å²) in [5, 5.41) is 23.0. The van der Waals surface area contributed by atoms with E-state index >= 15 is 0 Å². The van der Waals surface area contributed by atoms with E-state index in [-0.39, 0.29) is 17.8 Å². The standard InChI is InChI=1S/C21H17FN8OS/c1-29-18(16(10-24-29)21-26-15(9-23)11-32-21)20(31)25-14-6-7-30-17(8-14)27-19(28-30)12-2-4-13(22)5-3-12/h2-5,10-11,14H,6-8H2,1H3,(H,25,31). The van der Waals surface area contributed by atoms with E-state index in [0.29, 0.717) is 47.2 Å². The van der Waals surface area contributed by atoms with Crippen LogP contribution in [-0.2, 0) is 20.0 Å². The molecule has 1 N–H and O–H groups in total. The van der Waals surface area contributed by atoms with Crippen molar-refractivity contribution < 1.29 is 9.18 Å². The van der Waals surface area contributed by atoms with Crippen molar-refractivity contribution in [3.05, 3.63) is 58.9 Å². The Morgan fingerprint density at radius 1 is 1.31 bits per heavy atom. The highest BCUT2D eigenvalue weighted by Gasteiger charge is 2.27. The molecular weight excluding hydrogens is 431 g/mol. The number of benzene rings is 1. The highest BCUT2D eigenvalue weighted by molar-refractivity contribution is 7.13. The predicted octanol–water partition coefficient (Wildman–Crippen LogP) is 2.56. The van der Waals surface area contributed by atoms with Crippen molar-refractivity contribution >= 4 is 17.2 Å². The van der Waals surface area contributed by atoms with Crippen LogP contribution in [0.1, 0.15) is 28.4 Å². The highest BCUT2D eigenvalue weighted by Crippen LogP contribution is 2.27. The Balaban J connectivity index is 1.34. The molecule has 4 heterocycles. The third-order valence-corrected chi connectivity index (χ3v) is 6.18. The van der Waals surface area contributed by atoms with Crippen LogP contribution in [0.4, 0.5) is 4.39 Å². The molecule has 1 aromatic carbocycles. The summed E-state index contributed by atoms with van der Waals surface area (Å²) in [4.78, 5) is 21.9. The van der Waals surface area contributed by atoms with Gasteiger partial charge in [0.05, 0.1) is 11.8 Å². The third-order valence-electron chi connectivity index (χ3n) is 5.31. The SMILES string of the molecule is Cn1ncc(-c2nc(C#N)cs2)c1C(=O)NC1CCn2nc(-c3ccc(F)cc3)nc2C1. The van der Waals surface area contributed by atoms with Gasteiger partial charge < -0.3 is 5.32 Å². The first-order chi connectivity index (χ1) is 15.5. The van der Waals surface area contributed by atoms with E-state index in [2.05, 4.69) is 25.5 Å². The maximum atomic E-state index is 13.2. The summed E-state index contributed by atoms with van der Waals surface area (Å²) in [7, 11) is 1.70. The van der Waals surface area contributed by atoms with Gasteiger partial charge in [0.25, 0.3) is 5.91 Å². The zero-order valence-corrected chi connectivity index (χ0v) is 17.8. The molecule has 0 saturated heterocycles. The normalized spacial score (nSPS) is 15.2. The molecule has 9 nitrogen and oxygen atoms in total. The molecule has 4 aromatic rings. The maximum Gasteiger partial charge on any atom is 0.270 e. The van der Waals surface area contributed by atoms with E-state index in [1.54, 1.807) is 30.8 Å². The van der Waals surface area contributed by atoms with Crippen LogP contribution in [0.5, 0.6) is 0 Å². The molecule has 160 valence electrons. The number of hydrogen-bond donors (Lipinski definition) is 1. The number of rotatable bonds is 4. The summed E-state index contributed by atoms with van der Waals surface area (Å²) in [5.41, 5.74) is 2.04. The van der Waals surface area contributed by atoms with Gasteiger partial charge in [-0.25, -0.2) is 19.0 Å². The molecule has 11 heteroatoms. The Hall–Kier alpha value is -3.91. The summed E-state index contributed by atoms with van der Waals surface area (Å²) in [6.45, 7) is 0.616. The van der Waals surface area contributed by atoms with E-state index in [0.717, 1.165) is 11.4 Å². The Morgan fingerprint density at radius 3 is 2.88 bits per heavy atom. The smallest absolute Gasteiger partial charge is 0.270 e. The fourth-order valence-electron chi connectivity index (χ4n) is 3.72. The first kappa shape index (κ1) is 20.0. The third kappa shape index (κ3) is 3.65. The monoisotopic (exact) mass is 448 g/mol. The number of nitriles is 1. The van der Waals surface area contributed by atoms with Crippen LogP contribution >= 0.6 is 11.3 Å². The summed E-state index contributed by atoms with van der Waals surface area (Å²) in [6, 6.07) is 7.95. The van der Waals surface area contributed by atoms with Crippen LogP contribution in [-0.4, -0.2) is 41.5 Å². The number of aryl methyl sites for hydroxylation is 2. The molecule has 1 atom stereocenters. The zero-order chi connectivity index (χ0) is 22.2. The molecule has 0 spiro atoms. The van der Waals surface area contributed by atoms with Gasteiger partial charge >= 0.3 is 0 Å². The number of hydrogen-bond acceptors (Lipinski definition) is 7. The van der Waals surface area contributed by atoms with Gasteiger partial charge in [-0.2, -0.15) is 15.5 Å². The average Bonchev–Trinajstić information content (AvgIpc) is 3.51. The van der Waals surface area contributed by atoms with Crippen molar-refractivity contribution in [2.45, 2.75) is 25.4 Å². The second-order valence-corrected chi connectivity index (χ2v) is 8.28. The van der Waals surface area contributed by atoms with Gasteiger partial charge in [0.1, 0.15) is 28.4 Å². The summed E-state index contributed by atoms with van der Waals surface area (Å²) in [6.07, 6.45) is 2.82. The summed E-state index contributed by atoms with van der Waals surface area (Å²) in [5.74, 6) is 0.740. The minimum absolute atomic E-state index is 0.117. The van der Waals surface area contributed by atoms with Crippen LogP contribution in [0.15, 0.2) is 35.8 Å². The molecular formula is C21H17FN8OS. The van der Waals surface area contributed by atoms with E-state index in [1.165, 1.54) is 28.2 Å². The molecule has 0 fully saturated rings. The number of fused-ring (bicyclic) bond motifs is 1. The van der Waals surface area contributed by atoms with Crippen molar-refractivity contribution in [3.63, 3.8) is 0 Å². The molecule has 0 bridgehead atoms. The van der Waals surface area contributed by atoms with Crippen molar-refractivity contribution in [2.24, 2.45) is 7.05 Å². The first-order valence-corrected chi connectivity index (χ1v) is 10.8. The molecule has 1 amide bonds. The number of carbonyl (C=O) groups excluding carboxylic acids is 1. The second-order valence-electron chi connectivity index (χ2n) is 7.43. The lowest BCUT2D eigenvalue weighted by molar-refractivity contribution is 0.0921. The Morgan fingerprint density at radius 2 is 2.12 bits per heavy atom. The molecule has 0 radical (unpaired) electrons. The van der Waals surface area contributed by atoms with Crippen LogP contribution < -0.4 is 5.32 Å². The molecule has 32 heavy (non-hydrogen) atoms. The molecule has 1 aliphatic heterocycles.